The highest BCUT2D eigenvalue weighted by Crippen LogP contribution is 2.40. The molecule has 11 heteroatoms. The summed E-state index contributed by atoms with van der Waals surface area (Å²) in [5.74, 6) is 0.762. The minimum Gasteiger partial charge on any atom is -0.405 e. The van der Waals surface area contributed by atoms with Crippen molar-refractivity contribution in [2.75, 3.05) is 12.4 Å². The van der Waals surface area contributed by atoms with E-state index >= 15 is 0 Å². The summed E-state index contributed by atoms with van der Waals surface area (Å²) < 4.78 is 48.8. The number of rotatable bonds is 18. The molecule has 62 heavy (non-hydrogen) atoms. The Balaban J connectivity index is 1.31. The predicted octanol–water partition coefficient (Wildman–Crippen LogP) is 7.65. The summed E-state index contributed by atoms with van der Waals surface area (Å²) in [5, 5.41) is 24.8. The molecule has 0 unspecified atom stereocenters. The third-order valence-electron chi connectivity index (χ3n) is 11.7. The van der Waals surface area contributed by atoms with E-state index in [0.29, 0.717) is 6.61 Å². The number of hydrogen-bond donors (Lipinski definition) is 2. The molecular formula is C51H62O9SSi. The maximum absolute atomic E-state index is 11.7. The van der Waals surface area contributed by atoms with Crippen molar-refractivity contribution < 1.29 is 43.1 Å². The molecular weight excluding hydrogens is 817 g/mol. The highest BCUT2D eigenvalue weighted by molar-refractivity contribution is 7.99. The third-order valence-corrected chi connectivity index (χ3v) is 17.8. The van der Waals surface area contributed by atoms with E-state index in [2.05, 4.69) is 76.2 Å². The lowest BCUT2D eigenvalue weighted by Crippen LogP contribution is -2.69. The van der Waals surface area contributed by atoms with Gasteiger partial charge in [-0.15, -0.1) is 11.8 Å². The topological polar surface area (TPSA) is 105 Å². The lowest BCUT2D eigenvalue weighted by molar-refractivity contribution is -0.345. The van der Waals surface area contributed by atoms with Crippen molar-refractivity contribution in [1.82, 2.24) is 0 Å². The molecule has 7 rings (SSSR count). The van der Waals surface area contributed by atoms with Crippen LogP contribution in [-0.4, -0.2) is 91.4 Å². The van der Waals surface area contributed by atoms with Gasteiger partial charge in [-0.1, -0.05) is 179 Å². The van der Waals surface area contributed by atoms with Crippen molar-refractivity contribution in [3.63, 3.8) is 0 Å². The average molecular weight is 879 g/mol. The van der Waals surface area contributed by atoms with Crippen LogP contribution in [0.15, 0.2) is 152 Å². The van der Waals surface area contributed by atoms with E-state index in [9.17, 15) is 10.2 Å². The molecule has 0 spiro atoms. The molecule has 2 fully saturated rings. The zero-order valence-electron chi connectivity index (χ0n) is 36.4. The van der Waals surface area contributed by atoms with Crippen molar-refractivity contribution in [1.29, 1.82) is 0 Å². The number of hydrogen-bond acceptors (Lipinski definition) is 10. The first-order valence-corrected chi connectivity index (χ1v) is 24.7. The van der Waals surface area contributed by atoms with Gasteiger partial charge in [0.1, 0.15) is 48.2 Å². The van der Waals surface area contributed by atoms with E-state index in [1.165, 1.54) is 0 Å². The molecule has 9 nitrogen and oxygen atoms in total. The standard InChI is InChI=1S/C51H62O9SSi/c1-6-61-50-48(56-34-39-26-16-9-17-27-39)47(55-33-38-24-14-8-15-25-38)45(60-49-46(44(53)43(52)36(2)58-49)54-32-37-22-12-7-13-23-37)42(59-50)35-57-62(51(3,4)5,40-28-18-10-19-29-40)41-30-20-11-21-31-41/h7-31,36,42-50,52-53H,6,32-35H2,1-5H3/t36-,42+,43+,44+,45+,46-,47-,48+,49-,50-/m0/s1. The summed E-state index contributed by atoms with van der Waals surface area (Å²) in [5.41, 5.74) is 2.45. The summed E-state index contributed by atoms with van der Waals surface area (Å²) in [6.07, 6.45) is -8.30. The number of aliphatic hydroxyl groups is 2. The van der Waals surface area contributed by atoms with Crippen LogP contribution >= 0.6 is 11.8 Å². The van der Waals surface area contributed by atoms with Crippen LogP contribution in [0, 0.1) is 0 Å². The lowest BCUT2D eigenvalue weighted by Gasteiger charge is -2.50. The second kappa shape index (κ2) is 21.8. The van der Waals surface area contributed by atoms with Crippen LogP contribution in [0.2, 0.25) is 5.04 Å². The van der Waals surface area contributed by atoms with Crippen LogP contribution in [0.4, 0.5) is 0 Å². The Morgan fingerprint density at radius 2 is 1.00 bits per heavy atom. The van der Waals surface area contributed by atoms with Gasteiger partial charge in [0.05, 0.1) is 32.5 Å². The maximum atomic E-state index is 11.7. The van der Waals surface area contributed by atoms with Crippen molar-refractivity contribution in [2.24, 2.45) is 0 Å². The van der Waals surface area contributed by atoms with Gasteiger partial charge in [0.25, 0.3) is 8.32 Å². The molecule has 2 saturated heterocycles. The zero-order valence-corrected chi connectivity index (χ0v) is 38.2. The van der Waals surface area contributed by atoms with E-state index in [1.54, 1.807) is 18.7 Å². The lowest BCUT2D eigenvalue weighted by atomic mass is 9.97. The molecule has 2 heterocycles. The fourth-order valence-electron chi connectivity index (χ4n) is 8.55. The van der Waals surface area contributed by atoms with Crippen LogP contribution < -0.4 is 10.4 Å². The Labute approximate surface area is 372 Å². The normalized spacial score (nSPS) is 26.9. The Hall–Kier alpha value is -3.69. The second-order valence-electron chi connectivity index (χ2n) is 17.0. The van der Waals surface area contributed by atoms with Gasteiger partial charge in [0, 0.05) is 0 Å². The minimum atomic E-state index is -3.06. The van der Waals surface area contributed by atoms with Gasteiger partial charge in [0.15, 0.2) is 6.29 Å². The molecule has 330 valence electrons. The van der Waals surface area contributed by atoms with E-state index in [0.717, 1.165) is 32.8 Å². The summed E-state index contributed by atoms with van der Waals surface area (Å²) in [7, 11) is -3.06. The van der Waals surface area contributed by atoms with Crippen LogP contribution in [0.3, 0.4) is 0 Å². The largest absolute Gasteiger partial charge is 0.405 e. The van der Waals surface area contributed by atoms with Crippen molar-refractivity contribution in [3.05, 3.63) is 168 Å². The SMILES string of the molecule is CCS[C@@H]1O[C@H](CO[Si](c2ccccc2)(c2ccccc2)C(C)(C)C)[C@@H](O[C@@H]2O[C@@H](C)[C@@H](O)[C@@H](O)[C@@H]2OCc2ccccc2)[C@H](OCc2ccccc2)[C@H]1OCc1ccccc1. The van der Waals surface area contributed by atoms with Crippen molar-refractivity contribution in [2.45, 2.75) is 120 Å². The molecule has 0 radical (unpaired) electrons. The Bertz CT molecular complexity index is 2000. The minimum absolute atomic E-state index is 0.151. The van der Waals surface area contributed by atoms with E-state index in [4.69, 9.17) is 32.8 Å². The first kappa shape index (κ1) is 46.3. The molecule has 0 aromatic heterocycles. The van der Waals surface area contributed by atoms with Crippen molar-refractivity contribution in [3.8, 4) is 0 Å². The molecule has 0 saturated carbocycles. The Morgan fingerprint density at radius 1 is 0.565 bits per heavy atom. The van der Waals surface area contributed by atoms with Gasteiger partial charge in [-0.2, -0.15) is 0 Å². The molecule has 0 bridgehead atoms. The number of aliphatic hydroxyl groups excluding tert-OH is 2. The fourth-order valence-corrected chi connectivity index (χ4v) is 14.1. The molecule has 5 aromatic rings. The number of benzene rings is 5. The number of ether oxygens (including phenoxy) is 6. The van der Waals surface area contributed by atoms with Gasteiger partial charge >= 0.3 is 0 Å². The Kier molecular flexibility index (Phi) is 16.3. The van der Waals surface area contributed by atoms with Crippen LogP contribution in [0.5, 0.6) is 0 Å². The smallest absolute Gasteiger partial charge is 0.261 e. The van der Waals surface area contributed by atoms with Gasteiger partial charge in [-0.05, 0) is 44.8 Å². The molecule has 0 amide bonds. The highest BCUT2D eigenvalue weighted by Gasteiger charge is 2.55. The van der Waals surface area contributed by atoms with Crippen LogP contribution in [0.1, 0.15) is 51.3 Å². The molecule has 2 N–H and O–H groups in total. The van der Waals surface area contributed by atoms with Crippen LogP contribution in [0.25, 0.3) is 0 Å². The third kappa shape index (κ3) is 11.0. The Morgan fingerprint density at radius 3 is 1.45 bits per heavy atom. The first-order valence-electron chi connectivity index (χ1n) is 21.7. The summed E-state index contributed by atoms with van der Waals surface area (Å²) in [6, 6.07) is 50.9. The predicted molar refractivity (Wildman–Crippen MR) is 247 cm³/mol. The summed E-state index contributed by atoms with van der Waals surface area (Å²) in [4.78, 5) is 0. The van der Waals surface area contributed by atoms with E-state index in [-0.39, 0.29) is 24.9 Å². The highest BCUT2D eigenvalue weighted by atomic mass is 32.2. The van der Waals surface area contributed by atoms with Gasteiger partial charge < -0.3 is 43.1 Å². The van der Waals surface area contributed by atoms with E-state index in [1.807, 2.05) is 103 Å². The van der Waals surface area contributed by atoms with Gasteiger partial charge in [-0.3, -0.25) is 0 Å². The summed E-state index contributed by atoms with van der Waals surface area (Å²) >= 11 is 1.66. The molecule has 2 aliphatic heterocycles. The molecule has 0 aliphatic carbocycles. The quantitative estimate of drug-likeness (QED) is 0.0854. The van der Waals surface area contributed by atoms with Crippen molar-refractivity contribution >= 4 is 30.5 Å². The maximum Gasteiger partial charge on any atom is 0.261 e. The second-order valence-corrected chi connectivity index (χ2v) is 22.7. The monoisotopic (exact) mass is 878 g/mol. The molecule has 2 aliphatic rings. The fraction of sp³-hybridized carbons (Fsp3) is 0.412. The average Bonchev–Trinajstić information content (AvgIpc) is 3.29. The zero-order chi connectivity index (χ0) is 43.5. The van der Waals surface area contributed by atoms with Gasteiger partial charge in [0.2, 0.25) is 0 Å². The summed E-state index contributed by atoms with van der Waals surface area (Å²) in [6.45, 7) is 11.5. The molecule has 5 aromatic carbocycles. The number of thioether (sulfide) groups is 1. The van der Waals surface area contributed by atoms with Crippen LogP contribution in [-0.2, 0) is 52.7 Å². The first-order chi connectivity index (χ1) is 30.1. The molecule has 10 atom stereocenters. The van der Waals surface area contributed by atoms with Gasteiger partial charge in [-0.25, -0.2) is 0 Å². The van der Waals surface area contributed by atoms with E-state index < -0.39 is 68.9 Å².